The minimum absolute atomic E-state index is 0.284. The first-order valence-electron chi connectivity index (χ1n) is 10.2. The third-order valence-electron chi connectivity index (χ3n) is 5.74. The van der Waals surface area contributed by atoms with E-state index in [-0.39, 0.29) is 11.5 Å². The average Bonchev–Trinajstić information content (AvgIpc) is 3.24. The van der Waals surface area contributed by atoms with E-state index in [4.69, 9.17) is 0 Å². The van der Waals surface area contributed by atoms with Gasteiger partial charge in [0.2, 0.25) is 5.91 Å². The lowest BCUT2D eigenvalue weighted by Gasteiger charge is -2.18. The second-order valence-corrected chi connectivity index (χ2v) is 9.06. The summed E-state index contributed by atoms with van der Waals surface area (Å²) in [6.07, 6.45) is 0. The second kappa shape index (κ2) is 8.09. The topological polar surface area (TPSA) is 92.7 Å². The number of para-hydroxylation sites is 1. The number of carbonyl (C=O) groups is 1. The van der Waals surface area contributed by atoms with Crippen LogP contribution in [0.25, 0.3) is 16.7 Å². The van der Waals surface area contributed by atoms with Gasteiger partial charge in [0.1, 0.15) is 22.8 Å². The summed E-state index contributed by atoms with van der Waals surface area (Å²) < 4.78 is 3.19. The van der Waals surface area contributed by atoms with Gasteiger partial charge >= 0.3 is 0 Å². The number of aromatic nitrogens is 3. The number of hydrogen-bond acceptors (Lipinski definition) is 5. The van der Waals surface area contributed by atoms with Crippen molar-refractivity contribution in [1.29, 1.82) is 5.26 Å². The van der Waals surface area contributed by atoms with Gasteiger partial charge in [0, 0.05) is 16.3 Å². The molecule has 0 bridgehead atoms. The van der Waals surface area contributed by atoms with Crippen LogP contribution >= 0.6 is 11.3 Å². The molecule has 0 aliphatic rings. The van der Waals surface area contributed by atoms with Gasteiger partial charge in [-0.1, -0.05) is 18.2 Å². The van der Waals surface area contributed by atoms with Crippen LogP contribution in [0, 0.1) is 39.0 Å². The highest BCUT2D eigenvalue weighted by Crippen LogP contribution is 2.32. The third kappa shape index (κ3) is 3.41. The Bertz CT molecular complexity index is 1450. The van der Waals surface area contributed by atoms with Gasteiger partial charge in [-0.3, -0.25) is 14.2 Å². The van der Waals surface area contributed by atoms with E-state index in [1.807, 2.05) is 58.0 Å². The van der Waals surface area contributed by atoms with Gasteiger partial charge in [0.15, 0.2) is 0 Å². The smallest absolute Gasteiger partial charge is 0.253 e. The van der Waals surface area contributed by atoms with Crippen LogP contribution in [0.2, 0.25) is 0 Å². The molecule has 1 amide bonds. The zero-order valence-corrected chi connectivity index (χ0v) is 19.4. The standard InChI is InChI=1S/C24H23N5O2S/c1-13-11-20(30)28(16(4)22(31)26-23-19(12-25)14(2)17(5)32-23)24-21(13)15(3)27-29(24)18-9-7-6-8-10-18/h6-11,16H,1-5H3,(H,26,31). The van der Waals surface area contributed by atoms with Crippen molar-refractivity contribution in [1.82, 2.24) is 14.3 Å². The number of fused-ring (bicyclic) bond motifs is 1. The summed E-state index contributed by atoms with van der Waals surface area (Å²) in [4.78, 5) is 27.3. The highest BCUT2D eigenvalue weighted by atomic mass is 32.1. The summed E-state index contributed by atoms with van der Waals surface area (Å²) in [6.45, 7) is 9.22. The number of nitriles is 1. The van der Waals surface area contributed by atoms with Gasteiger partial charge in [-0.05, 0) is 57.9 Å². The molecule has 7 nitrogen and oxygen atoms in total. The lowest BCUT2D eigenvalue weighted by molar-refractivity contribution is -0.118. The number of pyridine rings is 1. The fourth-order valence-corrected chi connectivity index (χ4v) is 4.95. The third-order valence-corrected chi connectivity index (χ3v) is 6.86. The minimum Gasteiger partial charge on any atom is -0.315 e. The quantitative estimate of drug-likeness (QED) is 0.499. The first-order valence-corrected chi connectivity index (χ1v) is 11.0. The van der Waals surface area contributed by atoms with Crippen molar-refractivity contribution in [2.24, 2.45) is 0 Å². The maximum Gasteiger partial charge on any atom is 0.253 e. The number of benzene rings is 1. The molecule has 0 radical (unpaired) electrons. The predicted molar refractivity (Wildman–Crippen MR) is 127 cm³/mol. The number of thiophene rings is 1. The molecule has 0 aliphatic carbocycles. The molecule has 3 aromatic heterocycles. The number of nitrogens with zero attached hydrogens (tertiary/aromatic N) is 4. The van der Waals surface area contributed by atoms with Crippen LogP contribution in [0.1, 0.15) is 40.2 Å². The molecule has 0 saturated heterocycles. The van der Waals surface area contributed by atoms with Crippen molar-refractivity contribution >= 4 is 33.3 Å². The van der Waals surface area contributed by atoms with E-state index in [0.29, 0.717) is 16.2 Å². The molecule has 0 fully saturated rings. The Morgan fingerprint density at radius 3 is 2.53 bits per heavy atom. The largest absolute Gasteiger partial charge is 0.315 e. The minimum atomic E-state index is -0.821. The molecule has 162 valence electrons. The van der Waals surface area contributed by atoms with Gasteiger partial charge in [-0.15, -0.1) is 11.3 Å². The molecule has 0 aliphatic heterocycles. The Morgan fingerprint density at radius 2 is 1.88 bits per heavy atom. The van der Waals surface area contributed by atoms with Crippen LogP contribution in [0.3, 0.4) is 0 Å². The summed E-state index contributed by atoms with van der Waals surface area (Å²) in [6, 6.07) is 12.4. The van der Waals surface area contributed by atoms with Crippen LogP contribution in [-0.2, 0) is 4.79 Å². The van der Waals surface area contributed by atoms with Gasteiger partial charge < -0.3 is 5.32 Å². The van der Waals surface area contributed by atoms with Crippen LogP contribution < -0.4 is 10.9 Å². The van der Waals surface area contributed by atoms with E-state index in [0.717, 1.165) is 32.8 Å². The molecule has 4 rings (SSSR count). The predicted octanol–water partition coefficient (Wildman–Crippen LogP) is 4.55. The SMILES string of the molecule is Cc1sc(NC(=O)C(C)n2c(=O)cc(C)c3c(C)nn(-c4ccccc4)c32)c(C#N)c1C. The Kier molecular flexibility index (Phi) is 5.45. The van der Waals surface area contributed by atoms with Gasteiger partial charge in [-0.2, -0.15) is 10.4 Å². The maximum absolute atomic E-state index is 13.2. The van der Waals surface area contributed by atoms with Crippen molar-refractivity contribution in [3.63, 3.8) is 0 Å². The summed E-state index contributed by atoms with van der Waals surface area (Å²) in [5, 5.41) is 18.4. The monoisotopic (exact) mass is 445 g/mol. The molecule has 1 N–H and O–H groups in total. The Labute approximate surface area is 189 Å². The van der Waals surface area contributed by atoms with E-state index in [2.05, 4.69) is 16.5 Å². The van der Waals surface area contributed by atoms with Crippen molar-refractivity contribution < 1.29 is 4.79 Å². The zero-order valence-electron chi connectivity index (χ0n) is 18.6. The van der Waals surface area contributed by atoms with Gasteiger partial charge in [0.05, 0.1) is 16.9 Å². The molecule has 32 heavy (non-hydrogen) atoms. The highest BCUT2D eigenvalue weighted by molar-refractivity contribution is 7.16. The van der Waals surface area contributed by atoms with E-state index < -0.39 is 6.04 Å². The van der Waals surface area contributed by atoms with Crippen LogP contribution in [0.5, 0.6) is 0 Å². The average molecular weight is 446 g/mol. The fraction of sp³-hybridized carbons (Fsp3) is 0.250. The highest BCUT2D eigenvalue weighted by Gasteiger charge is 2.25. The molecular formula is C24H23N5O2S. The molecule has 1 aromatic carbocycles. The van der Waals surface area contributed by atoms with E-state index in [1.165, 1.54) is 22.0 Å². The number of amides is 1. The summed E-state index contributed by atoms with van der Waals surface area (Å²) in [5.41, 5.74) is 3.99. The lowest BCUT2D eigenvalue weighted by atomic mass is 10.1. The first-order chi connectivity index (χ1) is 15.2. The number of carbonyl (C=O) groups excluding carboxylic acids is 1. The number of nitrogens with one attached hydrogen (secondary N) is 1. The molecule has 3 heterocycles. The van der Waals surface area contributed by atoms with E-state index in [1.54, 1.807) is 11.6 Å². The maximum atomic E-state index is 13.2. The van der Waals surface area contributed by atoms with Gasteiger partial charge in [0.25, 0.3) is 5.56 Å². The Hall–Kier alpha value is -3.70. The first kappa shape index (κ1) is 21.5. The molecule has 0 saturated carbocycles. The molecular weight excluding hydrogens is 422 g/mol. The molecule has 4 aromatic rings. The summed E-state index contributed by atoms with van der Waals surface area (Å²) >= 11 is 1.36. The summed E-state index contributed by atoms with van der Waals surface area (Å²) in [7, 11) is 0. The molecule has 0 spiro atoms. The zero-order chi connectivity index (χ0) is 23.2. The number of hydrogen-bond donors (Lipinski definition) is 1. The van der Waals surface area contributed by atoms with Crippen LogP contribution in [-0.4, -0.2) is 20.3 Å². The van der Waals surface area contributed by atoms with E-state index >= 15 is 0 Å². The molecule has 1 atom stereocenters. The number of rotatable bonds is 4. The molecule has 1 unspecified atom stereocenters. The second-order valence-electron chi connectivity index (χ2n) is 7.83. The normalized spacial score (nSPS) is 12.0. The van der Waals surface area contributed by atoms with E-state index in [9.17, 15) is 14.9 Å². The number of aryl methyl sites for hydroxylation is 3. The van der Waals surface area contributed by atoms with Crippen molar-refractivity contribution in [3.8, 4) is 11.8 Å². The van der Waals surface area contributed by atoms with Crippen molar-refractivity contribution in [2.45, 2.75) is 40.7 Å². The number of anilines is 1. The Balaban J connectivity index is 1.87. The van der Waals surface area contributed by atoms with Gasteiger partial charge in [-0.25, -0.2) is 4.68 Å². The fourth-order valence-electron chi connectivity index (χ4n) is 3.94. The van der Waals surface area contributed by atoms with Crippen LogP contribution in [0.15, 0.2) is 41.2 Å². The van der Waals surface area contributed by atoms with Crippen LogP contribution in [0.4, 0.5) is 5.00 Å². The van der Waals surface area contributed by atoms with Crippen molar-refractivity contribution in [3.05, 3.63) is 74.0 Å². The lowest BCUT2D eigenvalue weighted by Crippen LogP contribution is -2.32. The van der Waals surface area contributed by atoms with Crippen molar-refractivity contribution in [2.75, 3.05) is 5.32 Å². The summed E-state index contributed by atoms with van der Waals surface area (Å²) in [5.74, 6) is -0.367. The molecule has 8 heteroatoms. The Morgan fingerprint density at radius 1 is 1.19 bits per heavy atom.